The molecule has 0 aliphatic carbocycles. The lowest BCUT2D eigenvalue weighted by molar-refractivity contribution is 0.147. The molecule has 2 rings (SSSR count). The predicted octanol–water partition coefficient (Wildman–Crippen LogP) is -0.132. The minimum atomic E-state index is 0.754. The van der Waals surface area contributed by atoms with Gasteiger partial charge in [0.15, 0.2) is 0 Å². The van der Waals surface area contributed by atoms with Crippen LogP contribution in [0.1, 0.15) is 5.69 Å². The van der Waals surface area contributed by atoms with Crippen molar-refractivity contribution < 1.29 is 0 Å². The van der Waals surface area contributed by atoms with Crippen LogP contribution in [-0.2, 0) is 6.54 Å². The molecule has 6 heteroatoms. The Morgan fingerprint density at radius 3 is 2.64 bits per heavy atom. The number of nitrogens with zero attached hydrogens (tertiary/aromatic N) is 4. The molecule has 2 N–H and O–H groups in total. The van der Waals surface area contributed by atoms with Gasteiger partial charge in [-0.05, 0) is 7.05 Å². The van der Waals surface area contributed by atoms with Crippen LogP contribution in [0.25, 0.3) is 0 Å². The third-order valence-electron chi connectivity index (χ3n) is 2.55. The third kappa shape index (κ3) is 2.20. The van der Waals surface area contributed by atoms with Crippen LogP contribution in [0.2, 0.25) is 0 Å². The largest absolute Gasteiger partial charge is 0.388 e. The fourth-order valence-electron chi connectivity index (χ4n) is 1.54. The highest BCUT2D eigenvalue weighted by Gasteiger charge is 2.16. The molecule has 0 saturated carbocycles. The number of hydrogen-bond donors (Lipinski definition) is 1. The van der Waals surface area contributed by atoms with Crippen molar-refractivity contribution in [3.63, 3.8) is 0 Å². The average molecular weight is 213 g/mol. The summed E-state index contributed by atoms with van der Waals surface area (Å²) in [6, 6.07) is 0. The van der Waals surface area contributed by atoms with E-state index in [4.69, 9.17) is 5.73 Å². The van der Waals surface area contributed by atoms with Gasteiger partial charge in [0, 0.05) is 44.3 Å². The summed E-state index contributed by atoms with van der Waals surface area (Å²) in [5.74, 6) is 0. The zero-order valence-electron chi connectivity index (χ0n) is 8.31. The molecule has 1 aromatic heterocycles. The Hall–Kier alpha value is -0.720. The van der Waals surface area contributed by atoms with Crippen molar-refractivity contribution in [2.24, 2.45) is 0 Å². The van der Waals surface area contributed by atoms with E-state index in [0.29, 0.717) is 0 Å². The van der Waals surface area contributed by atoms with Crippen molar-refractivity contribution in [2.75, 3.05) is 39.0 Å². The summed E-state index contributed by atoms with van der Waals surface area (Å²) in [5.41, 5.74) is 6.67. The van der Waals surface area contributed by atoms with Gasteiger partial charge in [-0.1, -0.05) is 4.49 Å². The number of nitrogens with two attached hydrogens (primary N) is 1. The molecule has 5 nitrogen and oxygen atoms in total. The molecule has 1 aromatic rings. The Balaban J connectivity index is 1.89. The highest BCUT2D eigenvalue weighted by atomic mass is 32.1. The lowest BCUT2D eigenvalue weighted by Crippen LogP contribution is -2.44. The summed E-state index contributed by atoms with van der Waals surface area (Å²) < 4.78 is 3.83. The van der Waals surface area contributed by atoms with Crippen LogP contribution in [0, 0.1) is 0 Å². The van der Waals surface area contributed by atoms with Crippen LogP contribution in [0.5, 0.6) is 0 Å². The van der Waals surface area contributed by atoms with E-state index in [1.165, 1.54) is 11.5 Å². The van der Waals surface area contributed by atoms with E-state index >= 15 is 0 Å². The van der Waals surface area contributed by atoms with Crippen molar-refractivity contribution in [1.82, 2.24) is 19.4 Å². The molecule has 0 aromatic carbocycles. The molecule has 0 amide bonds. The number of piperazine rings is 1. The summed E-state index contributed by atoms with van der Waals surface area (Å²) in [5, 5.41) is 4.77. The first-order chi connectivity index (χ1) is 6.75. The molecule has 78 valence electrons. The van der Waals surface area contributed by atoms with E-state index in [1.54, 1.807) is 0 Å². The number of likely N-dealkylation sites (N-methyl/N-ethyl adjacent to an activating group) is 1. The van der Waals surface area contributed by atoms with E-state index in [9.17, 15) is 0 Å². The molecule has 0 bridgehead atoms. The molecule has 0 radical (unpaired) electrons. The topological polar surface area (TPSA) is 58.3 Å². The molecule has 0 atom stereocenters. The Bertz CT molecular complexity index is 292. The van der Waals surface area contributed by atoms with E-state index in [0.717, 1.165) is 43.4 Å². The van der Waals surface area contributed by atoms with E-state index in [-0.39, 0.29) is 0 Å². The lowest BCUT2D eigenvalue weighted by atomic mass is 10.3. The molecule has 0 unspecified atom stereocenters. The molecule has 1 aliphatic rings. The monoisotopic (exact) mass is 213 g/mol. The van der Waals surface area contributed by atoms with Gasteiger partial charge in [-0.15, -0.1) is 5.10 Å². The molecule has 14 heavy (non-hydrogen) atoms. The summed E-state index contributed by atoms with van der Waals surface area (Å²) in [6.45, 7) is 5.27. The van der Waals surface area contributed by atoms with Gasteiger partial charge in [0.25, 0.3) is 0 Å². The molecule has 2 heterocycles. The van der Waals surface area contributed by atoms with E-state index in [1.807, 2.05) is 0 Å². The third-order valence-corrected chi connectivity index (χ3v) is 3.15. The van der Waals surface area contributed by atoms with Crippen LogP contribution in [-0.4, -0.2) is 52.6 Å². The van der Waals surface area contributed by atoms with Gasteiger partial charge in [-0.25, -0.2) is 0 Å². The second-order valence-corrected chi connectivity index (χ2v) is 4.45. The van der Waals surface area contributed by atoms with Gasteiger partial charge in [-0.2, -0.15) is 0 Å². The smallest absolute Gasteiger partial charge is 0.132 e. The van der Waals surface area contributed by atoms with Crippen LogP contribution in [0.15, 0.2) is 0 Å². The number of hydrogen-bond acceptors (Lipinski definition) is 6. The summed E-state index contributed by atoms with van der Waals surface area (Å²) in [7, 11) is 2.15. The quantitative estimate of drug-likeness (QED) is 0.741. The van der Waals surface area contributed by atoms with Crippen molar-refractivity contribution in [2.45, 2.75) is 6.54 Å². The predicted molar refractivity (Wildman–Crippen MR) is 57.1 cm³/mol. The van der Waals surface area contributed by atoms with Crippen molar-refractivity contribution in [1.29, 1.82) is 0 Å². The van der Waals surface area contributed by atoms with Gasteiger partial charge in [0.1, 0.15) is 10.7 Å². The van der Waals surface area contributed by atoms with Crippen molar-refractivity contribution in [3.05, 3.63) is 5.69 Å². The fourth-order valence-corrected chi connectivity index (χ4v) is 1.98. The highest BCUT2D eigenvalue weighted by molar-refractivity contribution is 7.09. The van der Waals surface area contributed by atoms with Crippen LogP contribution in [0.3, 0.4) is 0 Å². The first kappa shape index (κ1) is 9.82. The number of nitrogen functional groups attached to an aromatic ring is 1. The SMILES string of the molecule is CN1CCN(Cc2nnsc2N)CC1. The van der Waals surface area contributed by atoms with Crippen LogP contribution >= 0.6 is 11.5 Å². The summed E-state index contributed by atoms with van der Waals surface area (Å²) >= 11 is 1.27. The normalized spacial score (nSPS) is 20.1. The van der Waals surface area contributed by atoms with Crippen LogP contribution < -0.4 is 5.73 Å². The fraction of sp³-hybridized carbons (Fsp3) is 0.750. The number of anilines is 1. The number of rotatable bonds is 2. The molecule has 1 aliphatic heterocycles. The first-order valence-electron chi connectivity index (χ1n) is 4.73. The van der Waals surface area contributed by atoms with Gasteiger partial charge in [0.05, 0.1) is 0 Å². The van der Waals surface area contributed by atoms with Crippen molar-refractivity contribution >= 4 is 16.5 Å². The van der Waals surface area contributed by atoms with Crippen LogP contribution in [0.4, 0.5) is 5.00 Å². The summed E-state index contributed by atoms with van der Waals surface area (Å²) in [4.78, 5) is 4.70. The molecule has 1 saturated heterocycles. The minimum Gasteiger partial charge on any atom is -0.388 e. The van der Waals surface area contributed by atoms with Gasteiger partial charge in [-0.3, -0.25) is 4.90 Å². The Kier molecular flexibility index (Phi) is 2.95. The Morgan fingerprint density at radius 1 is 1.36 bits per heavy atom. The zero-order chi connectivity index (χ0) is 9.97. The van der Waals surface area contributed by atoms with E-state index in [2.05, 4.69) is 26.4 Å². The first-order valence-corrected chi connectivity index (χ1v) is 5.50. The van der Waals surface area contributed by atoms with Crippen molar-refractivity contribution in [3.8, 4) is 0 Å². The maximum Gasteiger partial charge on any atom is 0.132 e. The van der Waals surface area contributed by atoms with Gasteiger partial charge < -0.3 is 10.6 Å². The minimum absolute atomic E-state index is 0.754. The maximum atomic E-state index is 5.74. The standard InChI is InChI=1S/C8H15N5S/c1-12-2-4-13(5-3-12)6-7-8(9)14-11-10-7/h2-6,9H2,1H3. The second kappa shape index (κ2) is 4.20. The maximum absolute atomic E-state index is 5.74. The lowest BCUT2D eigenvalue weighted by Gasteiger charge is -2.31. The van der Waals surface area contributed by atoms with Gasteiger partial charge in [0.2, 0.25) is 0 Å². The second-order valence-electron chi connectivity index (χ2n) is 3.66. The Morgan fingerprint density at radius 2 is 2.07 bits per heavy atom. The van der Waals surface area contributed by atoms with Gasteiger partial charge >= 0.3 is 0 Å². The average Bonchev–Trinajstić information content (AvgIpc) is 2.56. The van der Waals surface area contributed by atoms with E-state index < -0.39 is 0 Å². The molecule has 1 fully saturated rings. The molecule has 0 spiro atoms. The molecular formula is C8H15N5S. The zero-order valence-corrected chi connectivity index (χ0v) is 9.13. The Labute approximate surface area is 87.7 Å². The highest BCUT2D eigenvalue weighted by Crippen LogP contribution is 2.15. The number of aromatic nitrogens is 2. The summed E-state index contributed by atoms with van der Waals surface area (Å²) in [6.07, 6.45) is 0. The molecular weight excluding hydrogens is 198 g/mol.